The summed E-state index contributed by atoms with van der Waals surface area (Å²) in [5.41, 5.74) is 0.639. The van der Waals surface area contributed by atoms with Crippen molar-refractivity contribution in [3.8, 4) is 0 Å². The van der Waals surface area contributed by atoms with Gasteiger partial charge in [-0.15, -0.1) is 11.8 Å². The number of hydrogen-bond acceptors (Lipinski definition) is 5. The second kappa shape index (κ2) is 6.61. The van der Waals surface area contributed by atoms with Crippen LogP contribution in [-0.2, 0) is 19.1 Å². The Morgan fingerprint density at radius 3 is 2.73 bits per heavy atom. The van der Waals surface area contributed by atoms with Gasteiger partial charge < -0.3 is 15.0 Å². The fraction of sp³-hybridized carbons (Fsp3) is 0.526. The summed E-state index contributed by atoms with van der Waals surface area (Å²) >= 11 is 1.61. The molecule has 3 fully saturated rings. The summed E-state index contributed by atoms with van der Waals surface area (Å²) in [6, 6.07) is 8.58. The van der Waals surface area contributed by atoms with Crippen LogP contribution in [0.3, 0.4) is 0 Å². The summed E-state index contributed by atoms with van der Waals surface area (Å²) in [5.74, 6) is -0.310. The SMILES string of the molecule is C[C@]12CCC(=O)N1[C@H](C(=O)O[C@H](C(=O)NC1CC1)c1ccccc1)CS2. The zero-order valence-corrected chi connectivity index (χ0v) is 15.5. The van der Waals surface area contributed by atoms with Crippen LogP contribution in [-0.4, -0.2) is 45.4 Å². The smallest absolute Gasteiger partial charge is 0.330 e. The Kier molecular flexibility index (Phi) is 4.42. The van der Waals surface area contributed by atoms with Gasteiger partial charge in [0.25, 0.3) is 5.91 Å². The first-order valence-electron chi connectivity index (χ1n) is 9.00. The van der Waals surface area contributed by atoms with Crippen molar-refractivity contribution in [2.24, 2.45) is 0 Å². The van der Waals surface area contributed by atoms with Crippen LogP contribution in [0.4, 0.5) is 0 Å². The van der Waals surface area contributed by atoms with E-state index in [0.717, 1.165) is 19.3 Å². The molecule has 7 heteroatoms. The summed E-state index contributed by atoms with van der Waals surface area (Å²) < 4.78 is 5.65. The number of benzene rings is 1. The Morgan fingerprint density at radius 2 is 2.04 bits per heavy atom. The van der Waals surface area contributed by atoms with Crippen molar-refractivity contribution < 1.29 is 19.1 Å². The lowest BCUT2D eigenvalue weighted by Crippen LogP contribution is -2.47. The number of carbonyl (C=O) groups is 3. The normalized spacial score (nSPS) is 28.6. The highest BCUT2D eigenvalue weighted by atomic mass is 32.2. The number of ether oxygens (including phenoxy) is 1. The molecule has 4 rings (SSSR count). The predicted molar refractivity (Wildman–Crippen MR) is 97.2 cm³/mol. The van der Waals surface area contributed by atoms with Crippen LogP contribution in [0.25, 0.3) is 0 Å². The molecule has 1 aliphatic carbocycles. The molecule has 0 bridgehead atoms. The molecule has 1 saturated carbocycles. The Morgan fingerprint density at radius 1 is 1.31 bits per heavy atom. The van der Waals surface area contributed by atoms with Crippen molar-refractivity contribution in [2.75, 3.05) is 5.75 Å². The first kappa shape index (κ1) is 17.4. The summed E-state index contributed by atoms with van der Waals surface area (Å²) in [4.78, 5) is 39.0. The number of thioether (sulfide) groups is 1. The molecule has 3 atom stereocenters. The first-order chi connectivity index (χ1) is 12.5. The molecule has 138 valence electrons. The molecule has 2 heterocycles. The molecule has 0 radical (unpaired) electrons. The molecule has 2 amide bonds. The quantitative estimate of drug-likeness (QED) is 0.798. The number of hydrogen-bond donors (Lipinski definition) is 1. The summed E-state index contributed by atoms with van der Waals surface area (Å²) in [5, 5.41) is 2.91. The molecular weight excluding hydrogens is 352 g/mol. The number of amides is 2. The van der Waals surface area contributed by atoms with Crippen molar-refractivity contribution in [1.82, 2.24) is 10.2 Å². The van der Waals surface area contributed by atoms with E-state index in [1.807, 2.05) is 25.1 Å². The van der Waals surface area contributed by atoms with Crippen LogP contribution in [0.2, 0.25) is 0 Å². The van der Waals surface area contributed by atoms with Gasteiger partial charge in [0.1, 0.15) is 6.04 Å². The molecule has 3 aliphatic rings. The lowest BCUT2D eigenvalue weighted by atomic mass is 10.1. The van der Waals surface area contributed by atoms with Crippen LogP contribution in [0, 0.1) is 0 Å². The van der Waals surface area contributed by atoms with Gasteiger partial charge in [-0.3, -0.25) is 9.59 Å². The second-order valence-corrected chi connectivity index (χ2v) is 8.78. The van der Waals surface area contributed by atoms with Gasteiger partial charge in [0.2, 0.25) is 12.0 Å². The largest absolute Gasteiger partial charge is 0.446 e. The van der Waals surface area contributed by atoms with Crippen molar-refractivity contribution in [3.05, 3.63) is 35.9 Å². The van der Waals surface area contributed by atoms with E-state index in [4.69, 9.17) is 4.74 Å². The zero-order chi connectivity index (χ0) is 18.3. The number of nitrogens with zero attached hydrogens (tertiary/aromatic N) is 1. The van der Waals surface area contributed by atoms with E-state index >= 15 is 0 Å². The average molecular weight is 374 g/mol. The third kappa shape index (κ3) is 3.20. The van der Waals surface area contributed by atoms with E-state index in [9.17, 15) is 14.4 Å². The topological polar surface area (TPSA) is 75.7 Å². The molecule has 26 heavy (non-hydrogen) atoms. The highest BCUT2D eigenvalue weighted by molar-refractivity contribution is 8.01. The van der Waals surface area contributed by atoms with Gasteiger partial charge in [0.05, 0.1) is 4.87 Å². The van der Waals surface area contributed by atoms with E-state index < -0.39 is 18.1 Å². The monoisotopic (exact) mass is 374 g/mol. The third-order valence-corrected chi connectivity index (χ3v) is 6.72. The van der Waals surface area contributed by atoms with Crippen LogP contribution in [0.15, 0.2) is 30.3 Å². The van der Waals surface area contributed by atoms with Gasteiger partial charge in [0.15, 0.2) is 0 Å². The minimum atomic E-state index is -0.987. The maximum atomic E-state index is 12.9. The fourth-order valence-corrected chi connectivity index (χ4v) is 5.01. The minimum Gasteiger partial charge on any atom is -0.446 e. The summed E-state index contributed by atoms with van der Waals surface area (Å²) in [7, 11) is 0. The van der Waals surface area contributed by atoms with Crippen molar-refractivity contribution in [3.63, 3.8) is 0 Å². The van der Waals surface area contributed by atoms with Gasteiger partial charge in [-0.2, -0.15) is 0 Å². The van der Waals surface area contributed by atoms with Crippen molar-refractivity contribution in [2.45, 2.75) is 55.7 Å². The molecule has 1 aromatic rings. The number of fused-ring (bicyclic) bond motifs is 1. The zero-order valence-electron chi connectivity index (χ0n) is 14.6. The van der Waals surface area contributed by atoms with Crippen LogP contribution >= 0.6 is 11.8 Å². The van der Waals surface area contributed by atoms with E-state index in [1.165, 1.54) is 0 Å². The molecule has 1 N–H and O–H groups in total. The number of carbonyl (C=O) groups excluding carboxylic acids is 3. The number of nitrogens with one attached hydrogen (secondary N) is 1. The van der Waals surface area contributed by atoms with Crippen LogP contribution in [0.5, 0.6) is 0 Å². The molecule has 2 aliphatic heterocycles. The highest BCUT2D eigenvalue weighted by Crippen LogP contribution is 2.47. The molecule has 0 unspecified atom stereocenters. The van der Waals surface area contributed by atoms with Crippen molar-refractivity contribution in [1.29, 1.82) is 0 Å². The molecule has 1 aromatic carbocycles. The fourth-order valence-electron chi connectivity index (χ4n) is 3.60. The Labute approximate surface area is 156 Å². The maximum Gasteiger partial charge on any atom is 0.330 e. The van der Waals surface area contributed by atoms with Gasteiger partial charge in [0, 0.05) is 23.8 Å². The lowest BCUT2D eigenvalue weighted by Gasteiger charge is -2.30. The van der Waals surface area contributed by atoms with E-state index in [-0.39, 0.29) is 22.7 Å². The summed E-state index contributed by atoms with van der Waals surface area (Å²) in [6.07, 6.45) is 2.13. The van der Waals surface area contributed by atoms with E-state index in [0.29, 0.717) is 17.7 Å². The van der Waals surface area contributed by atoms with Crippen LogP contribution < -0.4 is 5.32 Å². The summed E-state index contributed by atoms with van der Waals surface area (Å²) in [6.45, 7) is 1.99. The first-order valence-corrected chi connectivity index (χ1v) is 9.98. The van der Waals surface area contributed by atoms with Crippen molar-refractivity contribution >= 4 is 29.5 Å². The Balaban J connectivity index is 1.52. The van der Waals surface area contributed by atoms with Gasteiger partial charge in [-0.1, -0.05) is 30.3 Å². The Bertz CT molecular complexity index is 736. The third-order valence-electron chi connectivity index (χ3n) is 5.22. The van der Waals surface area contributed by atoms with Gasteiger partial charge in [-0.25, -0.2) is 4.79 Å². The highest BCUT2D eigenvalue weighted by Gasteiger charge is 2.54. The number of rotatable bonds is 5. The average Bonchev–Trinajstić information content (AvgIpc) is 3.30. The second-order valence-electron chi connectivity index (χ2n) is 7.28. The minimum absolute atomic E-state index is 0.0156. The Hall–Kier alpha value is -2.02. The predicted octanol–water partition coefficient (Wildman–Crippen LogP) is 2.00. The molecular formula is C19H22N2O4S. The number of esters is 1. The van der Waals surface area contributed by atoms with Gasteiger partial charge >= 0.3 is 5.97 Å². The van der Waals surface area contributed by atoms with E-state index in [2.05, 4.69) is 5.32 Å². The lowest BCUT2D eigenvalue weighted by molar-refractivity contribution is -0.163. The molecule has 0 aromatic heterocycles. The molecule has 0 spiro atoms. The van der Waals surface area contributed by atoms with Crippen LogP contribution in [0.1, 0.15) is 44.3 Å². The molecule has 6 nitrogen and oxygen atoms in total. The molecule has 2 saturated heterocycles. The van der Waals surface area contributed by atoms with Gasteiger partial charge in [-0.05, 0) is 26.2 Å². The maximum absolute atomic E-state index is 12.9. The standard InChI is InChI=1S/C19H22N2O4S/c1-19-10-9-15(22)21(19)14(11-26-19)18(24)25-16(12-5-3-2-4-6-12)17(23)20-13-7-8-13/h2-6,13-14,16H,7-11H2,1H3,(H,20,23)/t14-,16-,19-/m0/s1. The van der Waals surface area contributed by atoms with E-state index in [1.54, 1.807) is 28.8 Å².